The predicted molar refractivity (Wildman–Crippen MR) is 125 cm³/mol. The molecule has 8 heteroatoms. The van der Waals surface area contributed by atoms with E-state index in [1.54, 1.807) is 12.1 Å². The summed E-state index contributed by atoms with van der Waals surface area (Å²) >= 11 is 1.27. The molecule has 3 N–H and O–H groups in total. The van der Waals surface area contributed by atoms with E-state index in [1.165, 1.54) is 30.6 Å². The lowest BCUT2D eigenvalue weighted by Crippen LogP contribution is -2.33. The number of Topliss-reactive ketones (excluding diaryl/α,β-unsaturated/α-hetero) is 1. The fraction of sp³-hybridized carbons (Fsp3) is 0.458. The molecule has 1 aromatic heterocycles. The number of thiophene rings is 1. The molecule has 0 bridgehead atoms. The highest BCUT2D eigenvalue weighted by Gasteiger charge is 2.28. The van der Waals surface area contributed by atoms with Crippen LogP contribution in [-0.4, -0.2) is 48.7 Å². The van der Waals surface area contributed by atoms with Crippen LogP contribution in [0.3, 0.4) is 0 Å². The molecule has 0 atom stereocenters. The predicted octanol–water partition coefficient (Wildman–Crippen LogP) is 3.33. The van der Waals surface area contributed by atoms with E-state index < -0.39 is 5.91 Å². The topological polar surface area (TPSA) is 102 Å². The monoisotopic (exact) mass is 455 g/mol. The first-order valence-electron chi connectivity index (χ1n) is 11.2. The van der Waals surface area contributed by atoms with Crippen LogP contribution in [0.15, 0.2) is 18.2 Å². The Hall–Kier alpha value is -2.71. The summed E-state index contributed by atoms with van der Waals surface area (Å²) in [7, 11) is 0. The van der Waals surface area contributed by atoms with E-state index in [2.05, 4.69) is 10.2 Å². The first-order chi connectivity index (χ1) is 15.4. The number of fused-ring (bicyclic) bond motifs is 1. The Morgan fingerprint density at radius 3 is 2.69 bits per heavy atom. The van der Waals surface area contributed by atoms with Gasteiger partial charge in [-0.2, -0.15) is 0 Å². The number of aryl methyl sites for hydroxylation is 1. The van der Waals surface area contributed by atoms with Gasteiger partial charge in [-0.25, -0.2) is 0 Å². The summed E-state index contributed by atoms with van der Waals surface area (Å²) in [5.41, 5.74) is 8.07. The number of nitrogens with zero attached hydrogens (tertiary/aromatic N) is 1. The minimum Gasteiger partial charge on any atom is -0.492 e. The van der Waals surface area contributed by atoms with Gasteiger partial charge in [0.05, 0.1) is 5.56 Å². The summed E-state index contributed by atoms with van der Waals surface area (Å²) in [6.45, 7) is 5.71. The van der Waals surface area contributed by atoms with Crippen LogP contribution in [0.1, 0.15) is 62.4 Å². The largest absolute Gasteiger partial charge is 0.492 e. The number of piperidine rings is 1. The molecule has 0 saturated carbocycles. The van der Waals surface area contributed by atoms with Crippen LogP contribution in [-0.2, 0) is 17.6 Å². The molecule has 1 fully saturated rings. The van der Waals surface area contributed by atoms with Gasteiger partial charge in [0, 0.05) is 29.8 Å². The molecule has 2 aromatic rings. The molecule has 32 heavy (non-hydrogen) atoms. The number of anilines is 1. The Bertz CT molecular complexity index is 1040. The number of amides is 2. The third-order valence-electron chi connectivity index (χ3n) is 6.13. The molecule has 2 heterocycles. The van der Waals surface area contributed by atoms with Gasteiger partial charge in [0.2, 0.25) is 0 Å². The number of nitrogens with two attached hydrogens (primary N) is 1. The maximum Gasteiger partial charge on any atom is 0.256 e. The van der Waals surface area contributed by atoms with Crippen molar-refractivity contribution in [3.63, 3.8) is 0 Å². The van der Waals surface area contributed by atoms with Gasteiger partial charge < -0.3 is 15.8 Å². The lowest BCUT2D eigenvalue weighted by atomic mass is 9.94. The van der Waals surface area contributed by atoms with Gasteiger partial charge in [0.15, 0.2) is 0 Å². The number of ether oxygens (including phenoxy) is 1. The van der Waals surface area contributed by atoms with E-state index in [0.29, 0.717) is 42.0 Å². The van der Waals surface area contributed by atoms with E-state index in [1.807, 2.05) is 13.0 Å². The summed E-state index contributed by atoms with van der Waals surface area (Å²) in [4.78, 5) is 39.9. The normalized spacial score (nSPS) is 16.5. The molecular weight excluding hydrogens is 426 g/mol. The Morgan fingerprint density at radius 1 is 1.19 bits per heavy atom. The van der Waals surface area contributed by atoms with Gasteiger partial charge in [-0.1, -0.05) is 6.42 Å². The van der Waals surface area contributed by atoms with E-state index >= 15 is 0 Å². The second-order valence-corrected chi connectivity index (χ2v) is 9.58. The maximum atomic E-state index is 12.9. The van der Waals surface area contributed by atoms with Crippen LogP contribution in [0.5, 0.6) is 5.75 Å². The van der Waals surface area contributed by atoms with Crippen molar-refractivity contribution in [3.05, 3.63) is 45.3 Å². The fourth-order valence-electron chi connectivity index (χ4n) is 4.40. The molecule has 2 aliphatic rings. The summed E-state index contributed by atoms with van der Waals surface area (Å²) in [6.07, 6.45) is 5.00. The Labute approximate surface area is 191 Å². The lowest BCUT2D eigenvalue weighted by Gasteiger charge is -2.26. The van der Waals surface area contributed by atoms with Crippen molar-refractivity contribution in [2.75, 3.05) is 31.6 Å². The number of benzene rings is 1. The highest BCUT2D eigenvalue weighted by molar-refractivity contribution is 7.17. The van der Waals surface area contributed by atoms with Crippen molar-refractivity contribution in [2.45, 2.75) is 45.4 Å². The molecule has 7 nitrogen and oxygen atoms in total. The first kappa shape index (κ1) is 22.5. The van der Waals surface area contributed by atoms with Crippen molar-refractivity contribution in [2.24, 2.45) is 5.73 Å². The molecule has 1 aromatic carbocycles. The van der Waals surface area contributed by atoms with Gasteiger partial charge >= 0.3 is 0 Å². The molecule has 0 spiro atoms. The lowest BCUT2D eigenvalue weighted by molar-refractivity contribution is -0.118. The zero-order valence-electron chi connectivity index (χ0n) is 18.4. The van der Waals surface area contributed by atoms with Crippen LogP contribution in [0.4, 0.5) is 5.00 Å². The minimum absolute atomic E-state index is 0.138. The molecule has 170 valence electrons. The van der Waals surface area contributed by atoms with E-state index in [4.69, 9.17) is 10.5 Å². The minimum atomic E-state index is -0.583. The highest BCUT2D eigenvalue weighted by atomic mass is 32.1. The number of hydrogen-bond acceptors (Lipinski definition) is 6. The van der Waals surface area contributed by atoms with Crippen molar-refractivity contribution in [3.8, 4) is 5.75 Å². The zero-order chi connectivity index (χ0) is 22.7. The Balaban J connectivity index is 1.42. The summed E-state index contributed by atoms with van der Waals surface area (Å²) in [6, 6.07) is 5.32. The second-order valence-electron chi connectivity index (χ2n) is 8.47. The third-order valence-corrected chi connectivity index (χ3v) is 7.27. The fourth-order valence-corrected chi connectivity index (χ4v) is 5.67. The Kier molecular flexibility index (Phi) is 6.91. The molecular formula is C24H29N3O4S. The summed E-state index contributed by atoms with van der Waals surface area (Å²) in [5.74, 6) is 0.00167. The van der Waals surface area contributed by atoms with Crippen molar-refractivity contribution in [1.29, 1.82) is 0 Å². The maximum absolute atomic E-state index is 12.9. The first-order valence-corrected chi connectivity index (χ1v) is 12.0. The molecule has 1 aliphatic carbocycles. The third kappa shape index (κ3) is 5.02. The molecule has 2 amide bonds. The van der Waals surface area contributed by atoms with Crippen LogP contribution in [0.2, 0.25) is 0 Å². The number of carbonyl (C=O) groups is 3. The molecule has 1 aliphatic heterocycles. The van der Waals surface area contributed by atoms with Gasteiger partial charge in [0.1, 0.15) is 23.1 Å². The number of ketones is 1. The van der Waals surface area contributed by atoms with Gasteiger partial charge in [-0.15, -0.1) is 11.3 Å². The van der Waals surface area contributed by atoms with Crippen molar-refractivity contribution >= 4 is 33.9 Å². The van der Waals surface area contributed by atoms with Gasteiger partial charge in [-0.05, 0) is 68.6 Å². The smallest absolute Gasteiger partial charge is 0.256 e. The van der Waals surface area contributed by atoms with Crippen LogP contribution in [0, 0.1) is 6.92 Å². The number of hydrogen-bond donors (Lipinski definition) is 2. The number of nitrogens with one attached hydrogen (secondary N) is 1. The highest BCUT2D eigenvalue weighted by Crippen LogP contribution is 2.37. The molecule has 4 rings (SSSR count). The number of likely N-dealkylation sites (tertiary alicyclic amines) is 1. The van der Waals surface area contributed by atoms with Crippen molar-refractivity contribution in [1.82, 2.24) is 4.90 Å². The van der Waals surface area contributed by atoms with Gasteiger partial charge in [0.25, 0.3) is 11.8 Å². The Morgan fingerprint density at radius 2 is 1.97 bits per heavy atom. The molecule has 0 unspecified atom stereocenters. The molecule has 1 saturated heterocycles. The number of primary amides is 1. The summed E-state index contributed by atoms with van der Waals surface area (Å²) < 4.78 is 5.94. The van der Waals surface area contributed by atoms with Crippen LogP contribution < -0.4 is 15.8 Å². The van der Waals surface area contributed by atoms with E-state index in [9.17, 15) is 14.4 Å². The van der Waals surface area contributed by atoms with E-state index in [0.717, 1.165) is 41.4 Å². The second kappa shape index (κ2) is 9.83. The standard InChI is InChI=1S/C24H29N3O4S/c1-15-13-16(5-8-19(15)31-12-11-27-9-3-2-4-10-27)23(30)26-24-21(22(25)29)18-7-6-17(28)14-20(18)32-24/h5,8,13H,2-4,6-7,9-12,14H2,1H3,(H2,25,29)(H,26,30). The average Bonchev–Trinajstić information content (AvgIpc) is 3.12. The zero-order valence-corrected chi connectivity index (χ0v) is 19.2. The summed E-state index contributed by atoms with van der Waals surface area (Å²) in [5, 5.41) is 3.25. The SMILES string of the molecule is Cc1cc(C(=O)Nc2sc3c(c2C(N)=O)CCC(=O)C3)ccc1OCCN1CCCCC1. The number of carbonyl (C=O) groups excluding carboxylic acids is 3. The quantitative estimate of drug-likeness (QED) is 0.667. The van der Waals surface area contributed by atoms with Gasteiger partial charge in [-0.3, -0.25) is 19.3 Å². The van der Waals surface area contributed by atoms with Crippen LogP contribution >= 0.6 is 11.3 Å². The number of rotatable bonds is 7. The average molecular weight is 456 g/mol. The van der Waals surface area contributed by atoms with Crippen LogP contribution in [0.25, 0.3) is 0 Å². The van der Waals surface area contributed by atoms with E-state index in [-0.39, 0.29) is 11.7 Å². The molecule has 0 radical (unpaired) electrons. The van der Waals surface area contributed by atoms with Crippen molar-refractivity contribution < 1.29 is 19.1 Å².